The summed E-state index contributed by atoms with van der Waals surface area (Å²) in [6.45, 7) is 0. The van der Waals surface area contributed by atoms with Crippen molar-refractivity contribution in [1.82, 2.24) is 9.78 Å². The monoisotopic (exact) mass is 333 g/mol. The minimum absolute atomic E-state index is 0.440. The van der Waals surface area contributed by atoms with Crippen molar-refractivity contribution in [3.8, 4) is 22.1 Å². The number of ether oxygens (including phenoxy) is 2. The third kappa shape index (κ3) is 3.42. The van der Waals surface area contributed by atoms with E-state index in [9.17, 15) is 0 Å². The molecular formula is C17H23N3O2S. The maximum Gasteiger partial charge on any atom is 0.203 e. The molecule has 6 heteroatoms. The minimum atomic E-state index is 0.440. The Hall–Kier alpha value is -1.82. The average molecular weight is 333 g/mol. The molecule has 1 saturated carbocycles. The zero-order valence-electron chi connectivity index (χ0n) is 13.9. The molecule has 0 atom stereocenters. The number of aryl methyl sites for hydroxylation is 1. The van der Waals surface area contributed by atoms with Gasteiger partial charge in [0.05, 0.1) is 25.8 Å². The van der Waals surface area contributed by atoms with Gasteiger partial charge in [-0.05, 0) is 25.0 Å². The van der Waals surface area contributed by atoms with Crippen molar-refractivity contribution >= 4 is 11.3 Å². The van der Waals surface area contributed by atoms with Crippen LogP contribution < -0.4 is 14.3 Å². The zero-order chi connectivity index (χ0) is 16.2. The molecule has 1 heterocycles. The molecule has 0 radical (unpaired) electrons. The number of aromatic nitrogens is 2. The molecule has 0 spiro atoms. The molecule has 0 aliphatic heterocycles. The third-order valence-corrected chi connectivity index (χ3v) is 5.25. The number of benzene rings is 1. The average Bonchev–Trinajstić information content (AvgIpc) is 2.95. The Morgan fingerprint density at radius 2 is 1.96 bits per heavy atom. The second-order valence-electron chi connectivity index (χ2n) is 5.78. The maximum atomic E-state index is 5.52. The van der Waals surface area contributed by atoms with E-state index >= 15 is 0 Å². The van der Waals surface area contributed by atoms with Crippen LogP contribution >= 0.6 is 11.3 Å². The van der Waals surface area contributed by atoms with Gasteiger partial charge in [-0.2, -0.15) is 5.10 Å². The van der Waals surface area contributed by atoms with Crippen molar-refractivity contribution in [2.45, 2.75) is 38.1 Å². The fourth-order valence-corrected chi connectivity index (χ4v) is 3.97. The molecule has 1 fully saturated rings. The molecular weight excluding hydrogens is 310 g/mol. The second-order valence-corrected chi connectivity index (χ2v) is 6.73. The van der Waals surface area contributed by atoms with Gasteiger partial charge >= 0.3 is 0 Å². The van der Waals surface area contributed by atoms with Crippen LogP contribution in [0.1, 0.15) is 32.1 Å². The van der Waals surface area contributed by atoms with Gasteiger partial charge in [-0.1, -0.05) is 36.7 Å². The zero-order valence-corrected chi connectivity index (χ0v) is 14.7. The summed E-state index contributed by atoms with van der Waals surface area (Å²) < 4.78 is 12.8. The lowest BCUT2D eigenvalue weighted by Crippen LogP contribution is -2.18. The number of hydrogen-bond acceptors (Lipinski definition) is 5. The lowest BCUT2D eigenvalue weighted by molar-refractivity contribution is 0.356. The first kappa shape index (κ1) is 16.1. The van der Waals surface area contributed by atoms with Crippen LogP contribution in [0.5, 0.6) is 11.5 Å². The molecule has 2 aromatic rings. The van der Waals surface area contributed by atoms with E-state index in [0.29, 0.717) is 17.5 Å². The Labute approximate surface area is 140 Å². The summed E-state index contributed by atoms with van der Waals surface area (Å²) >= 11 is 1.60. The first-order chi connectivity index (χ1) is 11.2. The van der Waals surface area contributed by atoms with Gasteiger partial charge in [0.25, 0.3) is 0 Å². The van der Waals surface area contributed by atoms with Crippen LogP contribution in [0.15, 0.2) is 23.2 Å². The topological polar surface area (TPSA) is 48.6 Å². The predicted octanol–water partition coefficient (Wildman–Crippen LogP) is 3.40. The number of methoxy groups -OCH3 is 2. The summed E-state index contributed by atoms with van der Waals surface area (Å²) in [5, 5.41) is 5.54. The summed E-state index contributed by atoms with van der Waals surface area (Å²) in [5.41, 5.74) is 0.942. The number of hydrogen-bond donors (Lipinski definition) is 0. The molecule has 0 unspecified atom stereocenters. The molecule has 1 aliphatic carbocycles. The molecule has 0 saturated heterocycles. The molecule has 124 valence electrons. The summed E-state index contributed by atoms with van der Waals surface area (Å²) in [6.07, 6.45) is 6.29. The fraction of sp³-hybridized carbons (Fsp3) is 0.529. The Morgan fingerprint density at radius 3 is 2.65 bits per heavy atom. The third-order valence-electron chi connectivity index (χ3n) is 4.21. The van der Waals surface area contributed by atoms with Gasteiger partial charge in [-0.25, -0.2) is 4.68 Å². The molecule has 1 aromatic heterocycles. The van der Waals surface area contributed by atoms with E-state index in [1.165, 1.54) is 32.1 Å². The summed E-state index contributed by atoms with van der Waals surface area (Å²) in [5.74, 6) is 1.43. The predicted molar refractivity (Wildman–Crippen MR) is 92.1 cm³/mol. The van der Waals surface area contributed by atoms with Gasteiger partial charge in [0.2, 0.25) is 4.80 Å². The molecule has 5 nitrogen and oxygen atoms in total. The van der Waals surface area contributed by atoms with E-state index in [0.717, 1.165) is 15.4 Å². The highest BCUT2D eigenvalue weighted by molar-refractivity contribution is 7.12. The van der Waals surface area contributed by atoms with Gasteiger partial charge in [0, 0.05) is 7.05 Å². The highest BCUT2D eigenvalue weighted by Crippen LogP contribution is 2.37. The summed E-state index contributed by atoms with van der Waals surface area (Å²) in [7, 11) is 5.25. The maximum absolute atomic E-state index is 5.52. The first-order valence-electron chi connectivity index (χ1n) is 8.02. The van der Waals surface area contributed by atoms with Gasteiger partial charge in [-0.3, -0.25) is 4.99 Å². The van der Waals surface area contributed by atoms with Crippen LogP contribution in [0.25, 0.3) is 10.6 Å². The Kier molecular flexibility index (Phi) is 5.00. The van der Waals surface area contributed by atoms with Crippen molar-refractivity contribution in [3.05, 3.63) is 23.0 Å². The standard InChI is InChI=1S/C17H23N3O2S/c1-20-17(18-12-8-5-4-6-9-12)23-16(19-20)13-10-7-11-14(21-2)15(13)22-3/h7,10-12H,4-6,8-9H2,1-3H3. The Balaban J connectivity index is 1.99. The van der Waals surface area contributed by atoms with Gasteiger partial charge in [0.15, 0.2) is 16.5 Å². The van der Waals surface area contributed by atoms with Crippen LogP contribution in [0.4, 0.5) is 0 Å². The molecule has 0 amide bonds. The molecule has 23 heavy (non-hydrogen) atoms. The quantitative estimate of drug-likeness (QED) is 0.861. The van der Waals surface area contributed by atoms with Crippen molar-refractivity contribution in [2.75, 3.05) is 14.2 Å². The van der Waals surface area contributed by atoms with Crippen molar-refractivity contribution in [2.24, 2.45) is 12.0 Å². The van der Waals surface area contributed by atoms with E-state index in [4.69, 9.17) is 14.5 Å². The molecule has 3 rings (SSSR count). The Bertz CT molecular complexity index is 730. The summed E-state index contributed by atoms with van der Waals surface area (Å²) in [4.78, 5) is 5.88. The molecule has 0 N–H and O–H groups in total. The normalized spacial score (nSPS) is 16.6. The van der Waals surface area contributed by atoms with Crippen LogP contribution in [-0.2, 0) is 7.05 Å². The van der Waals surface area contributed by atoms with Crippen LogP contribution in [0.3, 0.4) is 0 Å². The lowest BCUT2D eigenvalue weighted by Gasteiger charge is -2.16. The largest absolute Gasteiger partial charge is 0.493 e. The van der Waals surface area contributed by atoms with E-state index in [1.807, 2.05) is 29.9 Å². The SMILES string of the molecule is COc1cccc(-c2nn(C)c(=NC3CCCCC3)s2)c1OC. The van der Waals surface area contributed by atoms with Crippen LogP contribution in [0.2, 0.25) is 0 Å². The van der Waals surface area contributed by atoms with Gasteiger partial charge in [0.1, 0.15) is 0 Å². The van der Waals surface area contributed by atoms with E-state index in [2.05, 4.69) is 5.10 Å². The minimum Gasteiger partial charge on any atom is -0.493 e. The fourth-order valence-electron chi connectivity index (χ4n) is 2.99. The van der Waals surface area contributed by atoms with Crippen LogP contribution in [-0.4, -0.2) is 30.0 Å². The van der Waals surface area contributed by atoms with Gasteiger partial charge < -0.3 is 9.47 Å². The Morgan fingerprint density at radius 1 is 1.17 bits per heavy atom. The smallest absolute Gasteiger partial charge is 0.203 e. The van der Waals surface area contributed by atoms with Crippen molar-refractivity contribution in [3.63, 3.8) is 0 Å². The number of nitrogens with zero attached hydrogens (tertiary/aromatic N) is 3. The molecule has 1 aromatic carbocycles. The highest BCUT2D eigenvalue weighted by atomic mass is 32.1. The second kappa shape index (κ2) is 7.17. The number of para-hydroxylation sites is 1. The lowest BCUT2D eigenvalue weighted by atomic mass is 9.96. The molecule has 0 bridgehead atoms. The first-order valence-corrected chi connectivity index (χ1v) is 8.84. The highest BCUT2D eigenvalue weighted by Gasteiger charge is 2.16. The number of rotatable bonds is 4. The van der Waals surface area contributed by atoms with E-state index in [1.54, 1.807) is 25.6 Å². The van der Waals surface area contributed by atoms with Crippen molar-refractivity contribution in [1.29, 1.82) is 0 Å². The van der Waals surface area contributed by atoms with E-state index in [-0.39, 0.29) is 0 Å². The van der Waals surface area contributed by atoms with Crippen molar-refractivity contribution < 1.29 is 9.47 Å². The van der Waals surface area contributed by atoms with Gasteiger partial charge in [-0.15, -0.1) is 0 Å². The van der Waals surface area contributed by atoms with E-state index < -0.39 is 0 Å². The van der Waals surface area contributed by atoms with Crippen LogP contribution in [0, 0.1) is 0 Å². The summed E-state index contributed by atoms with van der Waals surface area (Å²) in [6, 6.07) is 6.29. The molecule has 1 aliphatic rings.